The van der Waals surface area contributed by atoms with Gasteiger partial charge in [0.2, 0.25) is 0 Å². The molecule has 1 fully saturated rings. The van der Waals surface area contributed by atoms with E-state index in [1.807, 2.05) is 31.2 Å². The Morgan fingerprint density at radius 2 is 1.91 bits per heavy atom. The highest BCUT2D eigenvalue weighted by atomic mass is 35.5. The van der Waals surface area contributed by atoms with Crippen LogP contribution in [0.4, 0.5) is 5.69 Å². The second-order valence-electron chi connectivity index (χ2n) is 7.95. The van der Waals surface area contributed by atoms with Gasteiger partial charge in [-0.2, -0.15) is 0 Å². The van der Waals surface area contributed by atoms with Crippen molar-refractivity contribution in [2.24, 2.45) is 5.92 Å². The quantitative estimate of drug-likeness (QED) is 0.518. The van der Waals surface area contributed by atoms with E-state index >= 15 is 0 Å². The molecule has 2 aliphatic rings. The van der Waals surface area contributed by atoms with Gasteiger partial charge in [-0.05, 0) is 26.0 Å². The van der Waals surface area contributed by atoms with Crippen LogP contribution in [0.2, 0.25) is 5.02 Å². The molecule has 0 spiro atoms. The van der Waals surface area contributed by atoms with Crippen LogP contribution >= 0.6 is 23.4 Å². The van der Waals surface area contributed by atoms with E-state index in [1.54, 1.807) is 11.8 Å². The van der Waals surface area contributed by atoms with Crippen molar-refractivity contribution in [1.82, 2.24) is 10.2 Å². The average molecular weight is 480 g/mol. The minimum Gasteiger partial charge on any atom is -0.380 e. The zero-order valence-corrected chi connectivity index (χ0v) is 19.9. The van der Waals surface area contributed by atoms with Gasteiger partial charge >= 0.3 is 0 Å². The number of allylic oxidation sites excluding steroid dienone is 3. The lowest BCUT2D eigenvalue weighted by Gasteiger charge is -2.37. The van der Waals surface area contributed by atoms with E-state index in [0.717, 1.165) is 16.3 Å². The van der Waals surface area contributed by atoms with Crippen LogP contribution in [0.5, 0.6) is 0 Å². The number of anilines is 1. The lowest BCUT2D eigenvalue weighted by Crippen LogP contribution is -2.55. The third-order valence-corrected chi connectivity index (χ3v) is 7.41. The van der Waals surface area contributed by atoms with Crippen molar-refractivity contribution in [2.75, 3.05) is 43.4 Å². The summed E-state index contributed by atoms with van der Waals surface area (Å²) in [5.41, 5.74) is 2.17. The van der Waals surface area contributed by atoms with Gasteiger partial charge < -0.3 is 25.3 Å². The van der Waals surface area contributed by atoms with Crippen LogP contribution in [0.1, 0.15) is 13.8 Å². The number of carbonyl (C=O) groups excluding carboxylic acids is 2. The van der Waals surface area contributed by atoms with Crippen LogP contribution in [0.3, 0.4) is 0 Å². The lowest BCUT2D eigenvalue weighted by atomic mass is 10.0. The summed E-state index contributed by atoms with van der Waals surface area (Å²) < 4.78 is 0. The molecule has 3 rings (SSSR count). The minimum absolute atomic E-state index is 0.269. The third kappa shape index (κ3) is 5.86. The number of para-hydroxylation sites is 1. The number of aliphatic hydroxyl groups is 2. The number of amides is 2. The molecule has 32 heavy (non-hydrogen) atoms. The van der Waals surface area contributed by atoms with E-state index in [2.05, 4.69) is 29.3 Å². The van der Waals surface area contributed by atoms with E-state index in [4.69, 9.17) is 11.6 Å². The second-order valence-corrected chi connectivity index (χ2v) is 9.51. The van der Waals surface area contributed by atoms with E-state index in [-0.39, 0.29) is 6.54 Å². The SMILES string of the molecule is C/C=C(\C)C1C=C(CNC(=O)[C@H](O)[C@@H](O)C(=O)N2CCN(c3ccccc3Cl)CC2)SC1. The molecule has 2 heterocycles. The fourth-order valence-corrected chi connectivity index (χ4v) is 5.17. The highest BCUT2D eigenvalue weighted by Gasteiger charge is 2.35. The van der Waals surface area contributed by atoms with Crippen LogP contribution in [-0.2, 0) is 9.59 Å². The molecule has 1 unspecified atom stereocenters. The van der Waals surface area contributed by atoms with E-state index in [9.17, 15) is 19.8 Å². The molecule has 3 atom stereocenters. The van der Waals surface area contributed by atoms with Crippen LogP contribution in [-0.4, -0.2) is 77.6 Å². The maximum atomic E-state index is 12.6. The van der Waals surface area contributed by atoms with Gasteiger partial charge in [-0.25, -0.2) is 0 Å². The fourth-order valence-electron chi connectivity index (χ4n) is 3.72. The molecule has 1 saturated heterocycles. The topological polar surface area (TPSA) is 93.1 Å². The first-order chi connectivity index (χ1) is 15.3. The summed E-state index contributed by atoms with van der Waals surface area (Å²) in [5.74, 6) is -0.137. The number of nitrogens with one attached hydrogen (secondary N) is 1. The number of hydrogen-bond donors (Lipinski definition) is 3. The zero-order valence-electron chi connectivity index (χ0n) is 18.3. The van der Waals surface area contributed by atoms with Crippen LogP contribution < -0.4 is 10.2 Å². The first-order valence-electron chi connectivity index (χ1n) is 10.7. The molecule has 2 aliphatic heterocycles. The van der Waals surface area contributed by atoms with Crippen molar-refractivity contribution in [2.45, 2.75) is 26.1 Å². The largest absolute Gasteiger partial charge is 0.380 e. The number of nitrogens with zero attached hydrogens (tertiary/aromatic N) is 2. The normalized spacial score (nSPS) is 21.2. The summed E-state index contributed by atoms with van der Waals surface area (Å²) in [5, 5.41) is 23.8. The molecule has 0 aliphatic carbocycles. The standard InChI is InChI=1S/C23H30ClN3O4S/c1-3-15(2)16-12-17(32-14-16)13-25-22(30)20(28)21(29)23(31)27-10-8-26(9-11-27)19-7-5-4-6-18(19)24/h3-7,12,16,20-21,28-29H,8-11,13-14H2,1-2H3,(H,25,30)/b15-3+/t16?,20-,21-/m1/s1. The van der Waals surface area contributed by atoms with Gasteiger partial charge in [0.1, 0.15) is 0 Å². The highest BCUT2D eigenvalue weighted by Crippen LogP contribution is 2.32. The summed E-state index contributed by atoms with van der Waals surface area (Å²) in [7, 11) is 0. The van der Waals surface area contributed by atoms with Crippen molar-refractivity contribution in [3.8, 4) is 0 Å². The fraction of sp³-hybridized carbons (Fsp3) is 0.478. The molecule has 0 saturated carbocycles. The molecule has 0 bridgehead atoms. The maximum Gasteiger partial charge on any atom is 0.254 e. The molecule has 0 aromatic heterocycles. The minimum atomic E-state index is -1.82. The summed E-state index contributed by atoms with van der Waals surface area (Å²) in [6.07, 6.45) is 0.560. The summed E-state index contributed by atoms with van der Waals surface area (Å²) in [6, 6.07) is 7.50. The lowest BCUT2D eigenvalue weighted by molar-refractivity contribution is -0.153. The Labute approximate surface area is 198 Å². The van der Waals surface area contributed by atoms with Gasteiger partial charge in [0.25, 0.3) is 11.8 Å². The smallest absolute Gasteiger partial charge is 0.254 e. The van der Waals surface area contributed by atoms with Gasteiger partial charge in [0.15, 0.2) is 12.2 Å². The Morgan fingerprint density at radius 1 is 1.22 bits per heavy atom. The first kappa shape index (κ1) is 24.6. The Morgan fingerprint density at radius 3 is 2.56 bits per heavy atom. The number of rotatable bonds is 7. The molecule has 2 amide bonds. The zero-order chi connectivity index (χ0) is 23.3. The molecule has 3 N–H and O–H groups in total. The van der Waals surface area contributed by atoms with E-state index in [1.165, 1.54) is 10.5 Å². The van der Waals surface area contributed by atoms with Gasteiger partial charge in [-0.1, -0.05) is 41.5 Å². The van der Waals surface area contributed by atoms with Gasteiger partial charge in [0, 0.05) is 49.3 Å². The van der Waals surface area contributed by atoms with E-state index in [0.29, 0.717) is 37.1 Å². The predicted molar refractivity (Wildman–Crippen MR) is 129 cm³/mol. The molecular formula is C23H30ClN3O4S. The van der Waals surface area contributed by atoms with Crippen molar-refractivity contribution in [1.29, 1.82) is 0 Å². The van der Waals surface area contributed by atoms with Gasteiger partial charge in [-0.15, -0.1) is 11.8 Å². The second kappa shape index (κ2) is 11.2. The molecule has 9 heteroatoms. The number of carbonyl (C=O) groups is 2. The average Bonchev–Trinajstić information content (AvgIpc) is 3.30. The maximum absolute atomic E-state index is 12.6. The number of benzene rings is 1. The Balaban J connectivity index is 1.48. The number of aliphatic hydroxyl groups excluding tert-OH is 2. The Bertz CT molecular complexity index is 899. The summed E-state index contributed by atoms with van der Waals surface area (Å²) in [6.45, 7) is 6.16. The van der Waals surface area contributed by atoms with Crippen molar-refractivity contribution < 1.29 is 19.8 Å². The molecule has 0 radical (unpaired) electrons. The van der Waals surface area contributed by atoms with Gasteiger partial charge in [0.05, 0.1) is 10.7 Å². The predicted octanol–water partition coefficient (Wildman–Crippen LogP) is 2.04. The van der Waals surface area contributed by atoms with Crippen LogP contribution in [0.15, 0.2) is 46.9 Å². The molecular weight excluding hydrogens is 450 g/mol. The van der Waals surface area contributed by atoms with Gasteiger partial charge in [-0.3, -0.25) is 9.59 Å². The number of thioether (sulfide) groups is 1. The monoisotopic (exact) mass is 479 g/mol. The number of halogens is 1. The Hall–Kier alpha value is -2.00. The first-order valence-corrected chi connectivity index (χ1v) is 12.1. The molecule has 174 valence electrons. The van der Waals surface area contributed by atoms with E-state index < -0.39 is 24.0 Å². The highest BCUT2D eigenvalue weighted by molar-refractivity contribution is 8.03. The summed E-state index contributed by atoms with van der Waals surface area (Å²) >= 11 is 7.90. The molecule has 1 aromatic carbocycles. The van der Waals surface area contributed by atoms with Crippen molar-refractivity contribution in [3.63, 3.8) is 0 Å². The molecule has 1 aromatic rings. The number of hydrogen-bond acceptors (Lipinski definition) is 6. The third-order valence-electron chi connectivity index (χ3n) is 5.92. The summed E-state index contributed by atoms with van der Waals surface area (Å²) in [4.78, 5) is 29.5. The number of piperazine rings is 1. The van der Waals surface area contributed by atoms with Crippen molar-refractivity contribution in [3.05, 3.63) is 51.9 Å². The Kier molecular flexibility index (Phi) is 8.64. The van der Waals surface area contributed by atoms with Crippen LogP contribution in [0.25, 0.3) is 0 Å². The van der Waals surface area contributed by atoms with Crippen molar-refractivity contribution >= 4 is 40.9 Å². The molecule has 7 nitrogen and oxygen atoms in total. The van der Waals surface area contributed by atoms with Crippen LogP contribution in [0, 0.1) is 5.92 Å².